The molecule has 0 aliphatic heterocycles. The molecular weight excluding hydrogens is 250 g/mol. The van der Waals surface area contributed by atoms with Crippen LogP contribution in [-0.4, -0.2) is 22.2 Å². The van der Waals surface area contributed by atoms with Gasteiger partial charge in [0, 0.05) is 0 Å². The SMILES string of the molecule is O=C(O)CC(=O)O.[CH2-]C(CCCC)C(C)(C)C.[H-].[Li+].[Na+]. The van der Waals surface area contributed by atoms with Gasteiger partial charge in [-0.15, -0.1) is 0 Å². The summed E-state index contributed by atoms with van der Waals surface area (Å²) in [5.74, 6) is -2.01. The van der Waals surface area contributed by atoms with Gasteiger partial charge in [-0.25, -0.2) is 0 Å². The van der Waals surface area contributed by atoms with Gasteiger partial charge in [-0.2, -0.15) is 5.92 Å². The molecule has 0 aliphatic rings. The fourth-order valence-electron chi connectivity index (χ4n) is 1.01. The molecule has 1 atom stereocenters. The zero-order valence-electron chi connectivity index (χ0n) is 14.3. The van der Waals surface area contributed by atoms with E-state index in [4.69, 9.17) is 10.2 Å². The van der Waals surface area contributed by atoms with Crippen LogP contribution in [0.25, 0.3) is 0 Å². The van der Waals surface area contributed by atoms with Crippen LogP contribution in [0.5, 0.6) is 0 Å². The third kappa shape index (κ3) is 24.0. The van der Waals surface area contributed by atoms with E-state index in [9.17, 15) is 9.59 Å². The maximum absolute atomic E-state index is 9.43. The molecule has 2 N–H and O–H groups in total. The predicted octanol–water partition coefficient (Wildman–Crippen LogP) is -2.66. The van der Waals surface area contributed by atoms with E-state index in [1.54, 1.807) is 0 Å². The number of carboxylic acid groups (broad SMARTS) is 2. The monoisotopic (exact) mass is 276 g/mol. The Bertz CT molecular complexity index is 233. The normalized spacial score (nSPS) is 11.0. The second-order valence-electron chi connectivity index (χ2n) is 5.17. The molecule has 0 aromatic carbocycles. The van der Waals surface area contributed by atoms with Crippen molar-refractivity contribution in [1.29, 1.82) is 0 Å². The van der Waals surface area contributed by atoms with Crippen molar-refractivity contribution in [1.82, 2.24) is 0 Å². The third-order valence-electron chi connectivity index (χ3n) is 2.43. The van der Waals surface area contributed by atoms with Gasteiger partial charge < -0.3 is 18.6 Å². The molecule has 0 radical (unpaired) electrons. The van der Waals surface area contributed by atoms with Crippen molar-refractivity contribution in [3.63, 3.8) is 0 Å². The summed E-state index contributed by atoms with van der Waals surface area (Å²) >= 11 is 0. The standard InChI is InChI=1S/C10H21.C3H4O4.Li.Na.H/c1-6-7-8-9(2)10(3,4)5;4-2(5)1-3(6)7;;;/h9H,2,6-8H2,1,3-5H3;1H2,(H,4,5)(H,6,7);;;/q-1;;2*+1;-1. The van der Waals surface area contributed by atoms with E-state index < -0.39 is 18.4 Å². The molecule has 4 nitrogen and oxygen atoms in total. The Labute approximate surface area is 152 Å². The van der Waals surface area contributed by atoms with Crippen LogP contribution in [0.2, 0.25) is 0 Å². The Morgan fingerprint density at radius 1 is 1.21 bits per heavy atom. The molecule has 0 aromatic heterocycles. The van der Waals surface area contributed by atoms with Gasteiger partial charge in [0.15, 0.2) is 0 Å². The fraction of sp³-hybridized carbons (Fsp3) is 0.769. The summed E-state index contributed by atoms with van der Waals surface area (Å²) in [5.41, 5.74) is 0.398. The van der Waals surface area contributed by atoms with E-state index in [-0.39, 0.29) is 49.8 Å². The minimum atomic E-state index is -1.31. The molecule has 0 rings (SSSR count). The van der Waals surface area contributed by atoms with Crippen molar-refractivity contribution in [3.8, 4) is 0 Å². The molecule has 0 saturated heterocycles. The van der Waals surface area contributed by atoms with Crippen LogP contribution in [0.1, 0.15) is 54.8 Å². The van der Waals surface area contributed by atoms with Crippen molar-refractivity contribution >= 4 is 11.9 Å². The largest absolute Gasteiger partial charge is 1.00 e. The van der Waals surface area contributed by atoms with E-state index in [1.807, 2.05) is 0 Å². The number of hydrogen-bond acceptors (Lipinski definition) is 2. The van der Waals surface area contributed by atoms with Gasteiger partial charge in [0.2, 0.25) is 0 Å². The average molecular weight is 276 g/mol. The van der Waals surface area contributed by atoms with E-state index in [2.05, 4.69) is 34.6 Å². The van der Waals surface area contributed by atoms with Crippen molar-refractivity contribution in [2.75, 3.05) is 0 Å². The molecule has 0 amide bonds. The maximum Gasteiger partial charge on any atom is 1.00 e. The third-order valence-corrected chi connectivity index (χ3v) is 2.43. The number of carbonyl (C=O) groups is 2. The molecule has 104 valence electrons. The van der Waals surface area contributed by atoms with E-state index >= 15 is 0 Å². The zero-order chi connectivity index (χ0) is 14.1. The Kier molecular flexibility index (Phi) is 21.9. The molecule has 0 aliphatic carbocycles. The predicted molar refractivity (Wildman–Crippen MR) is 68.8 cm³/mol. The van der Waals surface area contributed by atoms with Crippen molar-refractivity contribution in [2.45, 2.75) is 53.4 Å². The van der Waals surface area contributed by atoms with Crippen LogP contribution in [0.15, 0.2) is 0 Å². The summed E-state index contributed by atoms with van der Waals surface area (Å²) in [6.45, 7) is 13.2. The van der Waals surface area contributed by atoms with Crippen molar-refractivity contribution in [3.05, 3.63) is 6.92 Å². The average Bonchev–Trinajstić information content (AvgIpc) is 2.11. The topological polar surface area (TPSA) is 74.6 Å². The molecular formula is C13H26LiNaO4. The number of unbranched alkanes of at least 4 members (excludes halogenated alkanes) is 1. The molecule has 19 heavy (non-hydrogen) atoms. The number of aliphatic carboxylic acids is 2. The second-order valence-corrected chi connectivity index (χ2v) is 5.17. The first-order valence-electron chi connectivity index (χ1n) is 5.87. The summed E-state index contributed by atoms with van der Waals surface area (Å²) in [6.07, 6.45) is 3.09. The van der Waals surface area contributed by atoms with Crippen molar-refractivity contribution in [2.24, 2.45) is 11.3 Å². The molecule has 0 heterocycles. The van der Waals surface area contributed by atoms with E-state index in [0.29, 0.717) is 11.3 Å². The Morgan fingerprint density at radius 3 is 1.74 bits per heavy atom. The summed E-state index contributed by atoms with van der Waals surface area (Å²) in [7, 11) is 0. The maximum atomic E-state index is 9.43. The number of carboxylic acids is 2. The molecule has 0 aromatic rings. The van der Waals surface area contributed by atoms with Crippen LogP contribution >= 0.6 is 0 Å². The minimum Gasteiger partial charge on any atom is -1.00 e. The summed E-state index contributed by atoms with van der Waals surface area (Å²) in [5, 5.41) is 15.4. The molecule has 0 fully saturated rings. The molecule has 0 bridgehead atoms. The minimum absolute atomic E-state index is 0. The van der Waals surface area contributed by atoms with Crippen LogP contribution in [0, 0.1) is 18.3 Å². The van der Waals surface area contributed by atoms with Gasteiger partial charge in [0.1, 0.15) is 6.42 Å². The summed E-state index contributed by atoms with van der Waals surface area (Å²) in [4.78, 5) is 18.9. The van der Waals surface area contributed by atoms with Crippen LogP contribution in [-0.2, 0) is 9.59 Å². The van der Waals surface area contributed by atoms with Gasteiger partial charge in [-0.1, -0.05) is 52.4 Å². The van der Waals surface area contributed by atoms with Gasteiger partial charge in [0.05, 0.1) is 0 Å². The quantitative estimate of drug-likeness (QED) is 0.326. The van der Waals surface area contributed by atoms with Crippen LogP contribution in [0.3, 0.4) is 0 Å². The first-order chi connectivity index (χ1) is 7.61. The molecule has 0 spiro atoms. The van der Waals surface area contributed by atoms with Gasteiger partial charge >= 0.3 is 60.4 Å². The van der Waals surface area contributed by atoms with Crippen LogP contribution in [0.4, 0.5) is 0 Å². The Hall–Kier alpha value is 0.537. The molecule has 0 saturated carbocycles. The summed E-state index contributed by atoms with van der Waals surface area (Å²) < 4.78 is 0. The first kappa shape index (κ1) is 27.8. The van der Waals surface area contributed by atoms with E-state index in [0.717, 1.165) is 0 Å². The zero-order valence-corrected chi connectivity index (χ0v) is 15.3. The van der Waals surface area contributed by atoms with Crippen molar-refractivity contribution < 1.29 is 69.6 Å². The smallest absolute Gasteiger partial charge is 1.00 e. The Balaban J connectivity index is -0.0000000681. The first-order valence-corrected chi connectivity index (χ1v) is 5.87. The molecule has 6 heteroatoms. The van der Waals surface area contributed by atoms with Crippen LogP contribution < -0.4 is 48.4 Å². The van der Waals surface area contributed by atoms with Gasteiger partial charge in [0.25, 0.3) is 0 Å². The number of rotatable bonds is 5. The van der Waals surface area contributed by atoms with Gasteiger partial charge in [-0.3, -0.25) is 9.59 Å². The fourth-order valence-corrected chi connectivity index (χ4v) is 1.01. The Morgan fingerprint density at radius 2 is 1.58 bits per heavy atom. The summed E-state index contributed by atoms with van der Waals surface area (Å²) in [6, 6.07) is 0. The van der Waals surface area contributed by atoms with E-state index in [1.165, 1.54) is 19.3 Å². The second kappa shape index (κ2) is 14.9. The van der Waals surface area contributed by atoms with Gasteiger partial charge in [-0.05, 0) is 0 Å². The number of hydrogen-bond donors (Lipinski definition) is 2. The molecule has 1 unspecified atom stereocenters.